The largest absolute Gasteiger partial charge is 0.376 e. The summed E-state index contributed by atoms with van der Waals surface area (Å²) in [6.45, 7) is 10.5. The SMILES string of the molecule is CCCP(=O)(/C=C/C1OC(n2ccc(=O)[nH]c2=O)C(OC)C1C(C)C)CC(C)CC. The molecule has 8 heteroatoms. The molecule has 170 valence electrons. The third-order valence-electron chi connectivity index (χ3n) is 5.97. The van der Waals surface area contributed by atoms with Crippen LogP contribution in [0.2, 0.25) is 0 Å². The number of ether oxygens (including phenoxy) is 2. The molecule has 0 aliphatic carbocycles. The van der Waals surface area contributed by atoms with Crippen molar-refractivity contribution < 1.29 is 14.0 Å². The van der Waals surface area contributed by atoms with Gasteiger partial charge in [0.25, 0.3) is 5.56 Å². The van der Waals surface area contributed by atoms with Crippen molar-refractivity contribution in [3.8, 4) is 0 Å². The third kappa shape index (κ3) is 5.83. The van der Waals surface area contributed by atoms with Gasteiger partial charge in [-0.05, 0) is 24.1 Å². The van der Waals surface area contributed by atoms with Crippen molar-refractivity contribution in [1.82, 2.24) is 9.55 Å². The normalized spacial score (nSPS) is 27.6. The molecule has 0 amide bonds. The molecule has 6 atom stereocenters. The molecule has 2 heterocycles. The fraction of sp³-hybridized carbons (Fsp3) is 0.727. The van der Waals surface area contributed by atoms with Gasteiger partial charge < -0.3 is 14.0 Å². The molecular weight excluding hydrogens is 403 g/mol. The van der Waals surface area contributed by atoms with E-state index in [2.05, 4.69) is 39.6 Å². The van der Waals surface area contributed by atoms with Crippen LogP contribution in [0.1, 0.15) is 53.7 Å². The quantitative estimate of drug-likeness (QED) is 0.554. The molecule has 0 saturated carbocycles. The molecule has 1 aromatic rings. The fourth-order valence-electron chi connectivity index (χ4n) is 4.27. The minimum atomic E-state index is -2.45. The topological polar surface area (TPSA) is 90.4 Å². The van der Waals surface area contributed by atoms with Crippen LogP contribution in [0.5, 0.6) is 0 Å². The maximum absolute atomic E-state index is 13.5. The van der Waals surface area contributed by atoms with Crippen LogP contribution in [-0.4, -0.2) is 41.2 Å². The first-order valence-electron chi connectivity index (χ1n) is 10.9. The Morgan fingerprint density at radius 1 is 1.30 bits per heavy atom. The van der Waals surface area contributed by atoms with Gasteiger partial charge in [-0.15, -0.1) is 0 Å². The predicted octanol–water partition coefficient (Wildman–Crippen LogP) is 4.05. The summed E-state index contributed by atoms with van der Waals surface area (Å²) in [4.78, 5) is 26.1. The number of hydrogen-bond acceptors (Lipinski definition) is 5. The summed E-state index contributed by atoms with van der Waals surface area (Å²) >= 11 is 0. The summed E-state index contributed by atoms with van der Waals surface area (Å²) in [6.07, 6.45) is 5.24. The van der Waals surface area contributed by atoms with Crippen LogP contribution in [0.25, 0.3) is 0 Å². The molecule has 1 aromatic heterocycles. The van der Waals surface area contributed by atoms with Crippen LogP contribution in [-0.2, 0) is 14.0 Å². The Morgan fingerprint density at radius 3 is 2.53 bits per heavy atom. The van der Waals surface area contributed by atoms with E-state index in [0.717, 1.165) is 12.8 Å². The summed E-state index contributed by atoms with van der Waals surface area (Å²) < 4.78 is 26.9. The lowest BCUT2D eigenvalue weighted by Gasteiger charge is -2.26. The highest BCUT2D eigenvalue weighted by atomic mass is 31.2. The first-order chi connectivity index (χ1) is 14.2. The Morgan fingerprint density at radius 2 is 2.00 bits per heavy atom. The van der Waals surface area contributed by atoms with E-state index < -0.39 is 24.6 Å². The van der Waals surface area contributed by atoms with E-state index in [0.29, 0.717) is 18.2 Å². The number of H-pyrrole nitrogens is 1. The second-order valence-corrected chi connectivity index (χ2v) is 11.8. The van der Waals surface area contributed by atoms with Gasteiger partial charge in [0.1, 0.15) is 13.2 Å². The highest BCUT2D eigenvalue weighted by molar-refractivity contribution is 7.67. The van der Waals surface area contributed by atoms with Gasteiger partial charge in [-0.1, -0.05) is 47.1 Å². The van der Waals surface area contributed by atoms with Crippen molar-refractivity contribution in [3.05, 3.63) is 45.0 Å². The molecule has 1 saturated heterocycles. The molecule has 0 radical (unpaired) electrons. The van der Waals surface area contributed by atoms with Crippen molar-refractivity contribution in [2.45, 2.75) is 65.9 Å². The molecular formula is C22H37N2O5P. The number of aromatic nitrogens is 2. The van der Waals surface area contributed by atoms with Gasteiger partial charge in [-0.3, -0.25) is 14.3 Å². The van der Waals surface area contributed by atoms with Crippen LogP contribution in [0.4, 0.5) is 0 Å². The molecule has 6 unspecified atom stereocenters. The molecule has 0 aromatic carbocycles. The second kappa shape index (κ2) is 10.7. The van der Waals surface area contributed by atoms with E-state index in [4.69, 9.17) is 9.47 Å². The van der Waals surface area contributed by atoms with Crippen molar-refractivity contribution in [3.63, 3.8) is 0 Å². The number of methoxy groups -OCH3 is 1. The molecule has 7 nitrogen and oxygen atoms in total. The summed E-state index contributed by atoms with van der Waals surface area (Å²) in [6, 6.07) is 1.30. The average molecular weight is 441 g/mol. The molecule has 2 rings (SSSR count). The average Bonchev–Trinajstić information content (AvgIpc) is 3.05. The van der Waals surface area contributed by atoms with Crippen molar-refractivity contribution in [1.29, 1.82) is 0 Å². The van der Waals surface area contributed by atoms with E-state index in [-0.39, 0.29) is 24.0 Å². The van der Waals surface area contributed by atoms with Gasteiger partial charge in [-0.25, -0.2) is 4.79 Å². The lowest BCUT2D eigenvalue weighted by atomic mass is 9.86. The van der Waals surface area contributed by atoms with Crippen molar-refractivity contribution >= 4 is 7.14 Å². The van der Waals surface area contributed by atoms with Crippen LogP contribution in [0, 0.1) is 17.8 Å². The molecule has 1 N–H and O–H groups in total. The van der Waals surface area contributed by atoms with Gasteiger partial charge in [0.15, 0.2) is 6.23 Å². The zero-order valence-corrected chi connectivity index (χ0v) is 19.9. The lowest BCUT2D eigenvalue weighted by Crippen LogP contribution is -2.37. The van der Waals surface area contributed by atoms with Crippen molar-refractivity contribution in [2.75, 3.05) is 19.4 Å². The minimum absolute atomic E-state index is 0.0197. The highest BCUT2D eigenvalue weighted by Gasteiger charge is 2.46. The standard InChI is InChI=1S/C22H37N2O5P/c1-7-12-30(27,14-16(5)8-2)13-10-17-19(15(3)4)20(28-6)21(29-17)24-11-9-18(25)23-22(24)26/h9-11,13,15-17,19-21H,7-8,12,14H2,1-6H3,(H,23,25,26)/b13-10+. The molecule has 0 spiro atoms. The predicted molar refractivity (Wildman–Crippen MR) is 121 cm³/mol. The summed E-state index contributed by atoms with van der Waals surface area (Å²) in [5, 5.41) is 0. The Kier molecular flexibility index (Phi) is 8.89. The van der Waals surface area contributed by atoms with Crippen molar-refractivity contribution in [2.24, 2.45) is 17.8 Å². The molecule has 1 fully saturated rings. The zero-order valence-electron chi connectivity index (χ0n) is 19.0. The maximum Gasteiger partial charge on any atom is 0.330 e. The molecule has 1 aliphatic rings. The van der Waals surface area contributed by atoms with E-state index >= 15 is 0 Å². The second-order valence-electron chi connectivity index (χ2n) is 8.74. The smallest absolute Gasteiger partial charge is 0.330 e. The summed E-state index contributed by atoms with van der Waals surface area (Å²) in [7, 11) is -0.853. The number of hydrogen-bond donors (Lipinski definition) is 1. The zero-order chi connectivity index (χ0) is 22.5. The number of nitrogens with zero attached hydrogens (tertiary/aromatic N) is 1. The maximum atomic E-state index is 13.5. The van der Waals surface area contributed by atoms with Crippen LogP contribution >= 0.6 is 7.14 Å². The lowest BCUT2D eigenvalue weighted by molar-refractivity contribution is -0.0456. The highest BCUT2D eigenvalue weighted by Crippen LogP contribution is 2.51. The number of rotatable bonds is 10. The van der Waals surface area contributed by atoms with Gasteiger partial charge in [0.2, 0.25) is 0 Å². The first kappa shape index (κ1) is 24.8. The first-order valence-corrected chi connectivity index (χ1v) is 13.1. The van der Waals surface area contributed by atoms with Crippen LogP contribution < -0.4 is 11.2 Å². The summed E-state index contributed by atoms with van der Waals surface area (Å²) in [5.74, 6) is 2.48. The van der Waals surface area contributed by atoms with E-state index in [1.807, 2.05) is 11.9 Å². The monoisotopic (exact) mass is 440 g/mol. The van der Waals surface area contributed by atoms with Gasteiger partial charge in [0, 0.05) is 37.6 Å². The summed E-state index contributed by atoms with van der Waals surface area (Å²) in [5.41, 5.74) is -0.985. The minimum Gasteiger partial charge on any atom is -0.376 e. The van der Waals surface area contributed by atoms with E-state index in [1.54, 1.807) is 7.11 Å². The Labute approximate surface area is 179 Å². The number of nitrogens with one attached hydrogen (secondary N) is 1. The number of aromatic amines is 1. The van der Waals surface area contributed by atoms with E-state index in [1.165, 1.54) is 16.8 Å². The Hall–Kier alpha value is -1.43. The molecule has 1 aliphatic heterocycles. The Balaban J connectivity index is 2.37. The van der Waals surface area contributed by atoms with Crippen LogP contribution in [0.3, 0.4) is 0 Å². The fourth-order valence-corrected chi connectivity index (χ4v) is 7.27. The third-order valence-corrected chi connectivity index (χ3v) is 9.13. The molecule has 0 bridgehead atoms. The van der Waals surface area contributed by atoms with E-state index in [9.17, 15) is 14.2 Å². The Bertz CT molecular complexity index is 875. The van der Waals surface area contributed by atoms with Crippen LogP contribution in [0.15, 0.2) is 33.7 Å². The van der Waals surface area contributed by atoms with Gasteiger partial charge in [-0.2, -0.15) is 0 Å². The van der Waals surface area contributed by atoms with Gasteiger partial charge in [0.05, 0.1) is 6.10 Å². The van der Waals surface area contributed by atoms with Gasteiger partial charge >= 0.3 is 5.69 Å². The molecule has 30 heavy (non-hydrogen) atoms.